The van der Waals surface area contributed by atoms with E-state index in [0.717, 1.165) is 28.0 Å². The number of rotatable bonds is 2. The van der Waals surface area contributed by atoms with Gasteiger partial charge in [-0.3, -0.25) is 0 Å². The number of fused-ring (bicyclic) bond motifs is 1. The van der Waals surface area contributed by atoms with Crippen LogP contribution < -0.4 is 0 Å². The number of aromatic nitrogens is 2. The summed E-state index contributed by atoms with van der Waals surface area (Å²) in [4.78, 5) is 4.75. The molecular formula is C17H17ClN2O. The molecule has 0 saturated heterocycles. The topological polar surface area (TPSA) is 38.1 Å². The first-order chi connectivity index (χ1) is 9.97. The molecule has 3 rings (SSSR count). The Morgan fingerprint density at radius 2 is 1.90 bits per heavy atom. The van der Waals surface area contributed by atoms with Gasteiger partial charge in [0.1, 0.15) is 11.6 Å². The highest BCUT2D eigenvalue weighted by Gasteiger charge is 2.16. The SMILES string of the molecule is Cc1cc(O)ccc1-c1nc2cc(Cl)ccc2n1C(C)C. The van der Waals surface area contributed by atoms with Crippen LogP contribution in [0.1, 0.15) is 25.5 Å². The van der Waals surface area contributed by atoms with Crippen molar-refractivity contribution >= 4 is 22.6 Å². The van der Waals surface area contributed by atoms with Crippen molar-refractivity contribution in [1.82, 2.24) is 9.55 Å². The minimum Gasteiger partial charge on any atom is -0.508 e. The third-order valence-electron chi connectivity index (χ3n) is 3.62. The van der Waals surface area contributed by atoms with Gasteiger partial charge in [-0.15, -0.1) is 0 Å². The van der Waals surface area contributed by atoms with Crippen molar-refractivity contribution in [3.05, 3.63) is 47.0 Å². The maximum atomic E-state index is 9.59. The number of aryl methyl sites for hydroxylation is 1. The fourth-order valence-electron chi connectivity index (χ4n) is 2.68. The standard InChI is InChI=1S/C17H17ClN2O/c1-10(2)20-16-7-4-12(18)9-15(16)19-17(20)14-6-5-13(21)8-11(14)3/h4-10,21H,1-3H3. The van der Waals surface area contributed by atoms with Gasteiger partial charge in [0.05, 0.1) is 11.0 Å². The average molecular weight is 301 g/mol. The molecule has 3 aromatic rings. The van der Waals surface area contributed by atoms with Gasteiger partial charge in [0.15, 0.2) is 0 Å². The minimum absolute atomic E-state index is 0.270. The lowest BCUT2D eigenvalue weighted by Gasteiger charge is -2.14. The molecular weight excluding hydrogens is 284 g/mol. The molecule has 0 fully saturated rings. The van der Waals surface area contributed by atoms with Gasteiger partial charge in [-0.1, -0.05) is 11.6 Å². The predicted octanol–water partition coefficient (Wildman–Crippen LogP) is 4.95. The molecule has 2 aromatic carbocycles. The maximum absolute atomic E-state index is 9.59. The number of phenols is 1. The monoisotopic (exact) mass is 300 g/mol. The van der Waals surface area contributed by atoms with Gasteiger partial charge in [0, 0.05) is 16.6 Å². The first-order valence-electron chi connectivity index (χ1n) is 6.95. The Balaban J connectivity index is 2.33. The first-order valence-corrected chi connectivity index (χ1v) is 7.32. The summed E-state index contributed by atoms with van der Waals surface area (Å²) in [5.74, 6) is 1.17. The van der Waals surface area contributed by atoms with Crippen LogP contribution in [0.4, 0.5) is 0 Å². The maximum Gasteiger partial charge on any atom is 0.141 e. The molecule has 1 heterocycles. The summed E-state index contributed by atoms with van der Waals surface area (Å²) >= 11 is 6.08. The fourth-order valence-corrected chi connectivity index (χ4v) is 2.85. The zero-order chi connectivity index (χ0) is 15.1. The Kier molecular flexibility index (Phi) is 3.38. The molecule has 3 nitrogen and oxygen atoms in total. The number of halogens is 1. The Labute approximate surface area is 128 Å². The molecule has 1 aromatic heterocycles. The van der Waals surface area contributed by atoms with Crippen molar-refractivity contribution in [1.29, 1.82) is 0 Å². The summed E-state index contributed by atoms with van der Waals surface area (Å²) in [6.45, 7) is 6.25. The highest BCUT2D eigenvalue weighted by atomic mass is 35.5. The van der Waals surface area contributed by atoms with Crippen LogP contribution >= 0.6 is 11.6 Å². The van der Waals surface area contributed by atoms with Crippen LogP contribution in [0.5, 0.6) is 5.75 Å². The van der Waals surface area contributed by atoms with Crippen molar-refractivity contribution in [2.24, 2.45) is 0 Å². The molecule has 0 aliphatic carbocycles. The van der Waals surface area contributed by atoms with E-state index in [2.05, 4.69) is 18.4 Å². The molecule has 0 aliphatic heterocycles. The summed E-state index contributed by atoms with van der Waals surface area (Å²) in [5, 5.41) is 10.3. The van der Waals surface area contributed by atoms with Crippen molar-refractivity contribution in [3.63, 3.8) is 0 Å². The smallest absolute Gasteiger partial charge is 0.141 e. The van der Waals surface area contributed by atoms with E-state index in [9.17, 15) is 5.11 Å². The van der Waals surface area contributed by atoms with E-state index in [0.29, 0.717) is 5.02 Å². The summed E-state index contributed by atoms with van der Waals surface area (Å²) in [6.07, 6.45) is 0. The highest BCUT2D eigenvalue weighted by Crippen LogP contribution is 2.32. The lowest BCUT2D eigenvalue weighted by Crippen LogP contribution is -2.03. The van der Waals surface area contributed by atoms with E-state index in [1.807, 2.05) is 31.2 Å². The van der Waals surface area contributed by atoms with Crippen molar-refractivity contribution in [2.75, 3.05) is 0 Å². The number of nitrogens with zero attached hydrogens (tertiary/aromatic N) is 2. The second kappa shape index (κ2) is 5.08. The van der Waals surface area contributed by atoms with Crippen LogP contribution in [0.3, 0.4) is 0 Å². The molecule has 0 saturated carbocycles. The molecule has 108 valence electrons. The van der Waals surface area contributed by atoms with E-state index < -0.39 is 0 Å². The summed E-state index contributed by atoms with van der Waals surface area (Å²) in [5.41, 5.74) is 3.97. The summed E-state index contributed by atoms with van der Waals surface area (Å²) in [7, 11) is 0. The lowest BCUT2D eigenvalue weighted by atomic mass is 10.1. The van der Waals surface area contributed by atoms with Gasteiger partial charge < -0.3 is 9.67 Å². The molecule has 0 unspecified atom stereocenters. The Morgan fingerprint density at radius 1 is 1.14 bits per heavy atom. The van der Waals surface area contributed by atoms with Crippen molar-refractivity contribution in [3.8, 4) is 17.1 Å². The first kappa shape index (κ1) is 14.0. The molecule has 21 heavy (non-hydrogen) atoms. The van der Waals surface area contributed by atoms with E-state index >= 15 is 0 Å². The van der Waals surface area contributed by atoms with Crippen LogP contribution in [0.25, 0.3) is 22.4 Å². The second-order valence-electron chi connectivity index (χ2n) is 5.53. The normalized spacial score (nSPS) is 11.5. The van der Waals surface area contributed by atoms with Crippen LogP contribution in [-0.2, 0) is 0 Å². The molecule has 0 radical (unpaired) electrons. The Morgan fingerprint density at radius 3 is 2.57 bits per heavy atom. The van der Waals surface area contributed by atoms with E-state index in [-0.39, 0.29) is 11.8 Å². The van der Waals surface area contributed by atoms with E-state index in [1.165, 1.54) is 0 Å². The van der Waals surface area contributed by atoms with Crippen LogP contribution in [0, 0.1) is 6.92 Å². The van der Waals surface area contributed by atoms with Crippen LogP contribution in [0.15, 0.2) is 36.4 Å². The molecule has 1 N–H and O–H groups in total. The number of hydrogen-bond donors (Lipinski definition) is 1. The number of benzene rings is 2. The number of phenolic OH excluding ortho intramolecular Hbond substituents is 1. The van der Waals surface area contributed by atoms with Gasteiger partial charge in [-0.2, -0.15) is 0 Å². The van der Waals surface area contributed by atoms with Gasteiger partial charge in [-0.25, -0.2) is 4.98 Å². The van der Waals surface area contributed by atoms with Crippen LogP contribution in [-0.4, -0.2) is 14.7 Å². The van der Waals surface area contributed by atoms with E-state index in [1.54, 1.807) is 12.1 Å². The number of imidazole rings is 1. The third kappa shape index (κ3) is 2.38. The predicted molar refractivity (Wildman–Crippen MR) is 87.0 cm³/mol. The zero-order valence-corrected chi connectivity index (χ0v) is 13.0. The minimum atomic E-state index is 0.270. The molecule has 4 heteroatoms. The average Bonchev–Trinajstić information content (AvgIpc) is 2.76. The Hall–Kier alpha value is -2.00. The van der Waals surface area contributed by atoms with Crippen molar-refractivity contribution in [2.45, 2.75) is 26.8 Å². The van der Waals surface area contributed by atoms with Gasteiger partial charge in [0.25, 0.3) is 0 Å². The third-order valence-corrected chi connectivity index (χ3v) is 3.85. The molecule has 0 spiro atoms. The van der Waals surface area contributed by atoms with Crippen LogP contribution in [0.2, 0.25) is 5.02 Å². The van der Waals surface area contributed by atoms with E-state index in [4.69, 9.17) is 16.6 Å². The summed E-state index contributed by atoms with van der Waals surface area (Å²) < 4.78 is 2.20. The van der Waals surface area contributed by atoms with Gasteiger partial charge in [0.2, 0.25) is 0 Å². The molecule has 0 atom stereocenters. The zero-order valence-electron chi connectivity index (χ0n) is 12.3. The molecule has 0 amide bonds. The fraction of sp³-hybridized carbons (Fsp3) is 0.235. The largest absolute Gasteiger partial charge is 0.508 e. The Bertz CT molecular complexity index is 821. The highest BCUT2D eigenvalue weighted by molar-refractivity contribution is 6.31. The quantitative estimate of drug-likeness (QED) is 0.727. The molecule has 0 aliphatic rings. The summed E-state index contributed by atoms with van der Waals surface area (Å²) in [6, 6.07) is 11.4. The van der Waals surface area contributed by atoms with Gasteiger partial charge in [-0.05, 0) is 62.7 Å². The second-order valence-corrected chi connectivity index (χ2v) is 5.97. The molecule has 0 bridgehead atoms. The van der Waals surface area contributed by atoms with Gasteiger partial charge >= 0.3 is 0 Å². The number of hydrogen-bond acceptors (Lipinski definition) is 2. The number of aromatic hydroxyl groups is 1. The van der Waals surface area contributed by atoms with Crippen molar-refractivity contribution < 1.29 is 5.11 Å². The lowest BCUT2D eigenvalue weighted by molar-refractivity contribution is 0.475.